The van der Waals surface area contributed by atoms with E-state index in [4.69, 9.17) is 0 Å². The van der Waals surface area contributed by atoms with Crippen molar-refractivity contribution >= 4 is 33.0 Å². The zero-order valence-electron chi connectivity index (χ0n) is 22.0. The lowest BCUT2D eigenvalue weighted by atomic mass is 9.68. The van der Waals surface area contributed by atoms with Crippen LogP contribution in [0.4, 0.5) is 17.1 Å². The van der Waals surface area contributed by atoms with Crippen molar-refractivity contribution in [2.75, 3.05) is 15.4 Å². The van der Waals surface area contributed by atoms with Crippen molar-refractivity contribution in [2.45, 2.75) is 36.1 Å². The van der Waals surface area contributed by atoms with E-state index >= 15 is 0 Å². The van der Waals surface area contributed by atoms with Crippen molar-refractivity contribution in [3.63, 3.8) is 0 Å². The summed E-state index contributed by atoms with van der Waals surface area (Å²) in [6.45, 7) is 0. The molecule has 2 saturated carbocycles. The van der Waals surface area contributed by atoms with Gasteiger partial charge in [-0.1, -0.05) is 48.5 Å². The number of hydrogen-bond donors (Lipinski definition) is 3. The molecular weight excluding hydrogens is 518 g/mol. The van der Waals surface area contributed by atoms with E-state index in [0.717, 1.165) is 5.69 Å². The van der Waals surface area contributed by atoms with Crippen LogP contribution in [0.1, 0.15) is 52.7 Å². The summed E-state index contributed by atoms with van der Waals surface area (Å²) in [6, 6.07) is 32.0. The number of carbonyl (C=O) groups is 1. The van der Waals surface area contributed by atoms with Crippen LogP contribution in [-0.2, 0) is 10.0 Å². The van der Waals surface area contributed by atoms with E-state index in [9.17, 15) is 13.2 Å². The summed E-state index contributed by atoms with van der Waals surface area (Å²) >= 11 is 0. The molecule has 0 spiro atoms. The highest BCUT2D eigenvalue weighted by molar-refractivity contribution is 7.92. The average Bonchev–Trinajstić information content (AvgIpc) is 3.61. The Bertz CT molecular complexity index is 1660. The second-order valence-electron chi connectivity index (χ2n) is 11.2. The molecule has 3 aliphatic rings. The molecule has 1 heterocycles. The van der Waals surface area contributed by atoms with Crippen LogP contribution in [-0.4, -0.2) is 14.3 Å². The van der Waals surface area contributed by atoms with Gasteiger partial charge in [-0.2, -0.15) is 0 Å². The first kappa shape index (κ1) is 24.9. The van der Waals surface area contributed by atoms with Gasteiger partial charge in [-0.05, 0) is 109 Å². The smallest absolute Gasteiger partial charge is 0.261 e. The molecule has 2 fully saturated rings. The molecule has 0 radical (unpaired) electrons. The van der Waals surface area contributed by atoms with Crippen LogP contribution in [0, 0.1) is 17.8 Å². The first-order valence-corrected chi connectivity index (χ1v) is 15.4. The van der Waals surface area contributed by atoms with Crippen LogP contribution in [0.3, 0.4) is 0 Å². The van der Waals surface area contributed by atoms with Gasteiger partial charge in [0.2, 0.25) is 0 Å². The Morgan fingerprint density at radius 1 is 0.775 bits per heavy atom. The summed E-state index contributed by atoms with van der Waals surface area (Å²) in [5, 5.41) is 6.78. The predicted octanol–water partition coefficient (Wildman–Crippen LogP) is 7.04. The van der Waals surface area contributed by atoms with Crippen molar-refractivity contribution in [2.24, 2.45) is 17.8 Å². The number of para-hydroxylation sites is 1. The third-order valence-electron chi connectivity index (χ3n) is 8.96. The molecule has 0 saturated heterocycles. The molecule has 2 bridgehead atoms. The SMILES string of the molecule is O=C(Nc1ccc(S(=O)(=O)Nc2ccccc2)cc1)c1ccc2c(c1)[C@@H]1[C@H]3CC[C@@H](C3)[C@@H]1[C@@H](c1ccccc1)N2. The Morgan fingerprint density at radius 3 is 2.23 bits per heavy atom. The molecular formula is C33H31N3O3S. The van der Waals surface area contributed by atoms with Crippen molar-refractivity contribution in [3.8, 4) is 0 Å². The predicted molar refractivity (Wildman–Crippen MR) is 158 cm³/mol. The van der Waals surface area contributed by atoms with Crippen LogP contribution in [0.2, 0.25) is 0 Å². The van der Waals surface area contributed by atoms with Gasteiger partial charge in [-0.15, -0.1) is 0 Å². The first-order chi connectivity index (χ1) is 19.5. The third kappa shape index (κ3) is 4.44. The Morgan fingerprint density at radius 2 is 1.48 bits per heavy atom. The summed E-state index contributed by atoms with van der Waals surface area (Å²) in [6.07, 6.45) is 3.82. The molecule has 6 nitrogen and oxygen atoms in total. The van der Waals surface area contributed by atoms with Crippen molar-refractivity contribution < 1.29 is 13.2 Å². The molecule has 2 aliphatic carbocycles. The number of rotatable bonds is 6. The highest BCUT2D eigenvalue weighted by Crippen LogP contribution is 2.63. The maximum atomic E-state index is 13.3. The number of amides is 1. The molecule has 1 aliphatic heterocycles. The minimum absolute atomic E-state index is 0.129. The highest BCUT2D eigenvalue weighted by atomic mass is 32.2. The maximum absolute atomic E-state index is 13.3. The topological polar surface area (TPSA) is 87.3 Å². The number of fused-ring (bicyclic) bond motifs is 7. The largest absolute Gasteiger partial charge is 0.378 e. The number of sulfonamides is 1. The quantitative estimate of drug-likeness (QED) is 0.241. The third-order valence-corrected chi connectivity index (χ3v) is 10.4. The van der Waals surface area contributed by atoms with Gasteiger partial charge in [0.25, 0.3) is 15.9 Å². The highest BCUT2D eigenvalue weighted by Gasteiger charge is 2.53. The van der Waals surface area contributed by atoms with Crippen molar-refractivity contribution in [3.05, 3.63) is 120 Å². The van der Waals surface area contributed by atoms with Gasteiger partial charge in [0, 0.05) is 22.6 Å². The zero-order valence-corrected chi connectivity index (χ0v) is 22.8. The van der Waals surface area contributed by atoms with Crippen LogP contribution < -0.4 is 15.4 Å². The van der Waals surface area contributed by atoms with E-state index in [0.29, 0.717) is 46.7 Å². The van der Waals surface area contributed by atoms with E-state index < -0.39 is 10.0 Å². The standard InChI is InChI=1S/C33H31N3O3S/c37-33(34-25-14-16-27(17-15-25)40(38,39)36-26-9-5-2-6-10-26)24-13-18-29-28(20-24)30-22-11-12-23(19-22)31(30)32(35-29)21-7-3-1-4-8-21/h1-10,13-18,20,22-23,30-32,35-36H,11-12,19H2,(H,34,37)/t22-,23-,30-,31-,32+/m0/s1. The Balaban J connectivity index is 1.11. The molecule has 0 unspecified atom stereocenters. The minimum Gasteiger partial charge on any atom is -0.378 e. The van der Waals surface area contributed by atoms with Gasteiger partial charge in [-0.25, -0.2) is 8.42 Å². The van der Waals surface area contributed by atoms with Crippen LogP contribution >= 0.6 is 0 Å². The van der Waals surface area contributed by atoms with Gasteiger partial charge < -0.3 is 10.6 Å². The van der Waals surface area contributed by atoms with E-state index in [2.05, 4.69) is 51.8 Å². The maximum Gasteiger partial charge on any atom is 0.261 e. The first-order valence-electron chi connectivity index (χ1n) is 13.9. The van der Waals surface area contributed by atoms with E-state index in [1.807, 2.05) is 18.2 Å². The number of benzene rings is 4. The molecule has 202 valence electrons. The fourth-order valence-corrected chi connectivity index (χ4v) is 8.32. The van der Waals surface area contributed by atoms with Crippen LogP contribution in [0.15, 0.2) is 108 Å². The number of carbonyl (C=O) groups excluding carboxylic acids is 1. The van der Waals surface area contributed by atoms with Gasteiger partial charge in [0.15, 0.2) is 0 Å². The van der Waals surface area contributed by atoms with Crippen molar-refractivity contribution in [1.29, 1.82) is 0 Å². The van der Waals surface area contributed by atoms with E-state index in [-0.39, 0.29) is 10.8 Å². The van der Waals surface area contributed by atoms with Gasteiger partial charge in [-0.3, -0.25) is 9.52 Å². The number of hydrogen-bond acceptors (Lipinski definition) is 4. The van der Waals surface area contributed by atoms with Gasteiger partial charge in [0.1, 0.15) is 0 Å². The zero-order chi connectivity index (χ0) is 27.3. The second kappa shape index (κ2) is 9.82. The monoisotopic (exact) mass is 549 g/mol. The summed E-state index contributed by atoms with van der Waals surface area (Å²) in [4.78, 5) is 13.4. The number of nitrogens with one attached hydrogen (secondary N) is 3. The van der Waals surface area contributed by atoms with Crippen molar-refractivity contribution in [1.82, 2.24) is 0 Å². The fraction of sp³-hybridized carbons (Fsp3) is 0.242. The van der Waals surface area contributed by atoms with Crippen LogP contribution in [0.5, 0.6) is 0 Å². The van der Waals surface area contributed by atoms with Crippen LogP contribution in [0.25, 0.3) is 0 Å². The Kier molecular flexibility index (Phi) is 6.12. The summed E-state index contributed by atoms with van der Waals surface area (Å²) in [5.74, 6) is 2.16. The summed E-state index contributed by atoms with van der Waals surface area (Å²) in [7, 11) is -3.73. The molecule has 7 heteroatoms. The summed E-state index contributed by atoms with van der Waals surface area (Å²) in [5.41, 5.74) is 5.37. The summed E-state index contributed by atoms with van der Waals surface area (Å²) < 4.78 is 28.1. The molecule has 1 amide bonds. The molecule has 40 heavy (non-hydrogen) atoms. The Hall–Kier alpha value is -4.10. The fourth-order valence-electron chi connectivity index (χ4n) is 7.26. The average molecular weight is 550 g/mol. The van der Waals surface area contributed by atoms with Gasteiger partial charge >= 0.3 is 0 Å². The molecule has 5 atom stereocenters. The lowest BCUT2D eigenvalue weighted by molar-refractivity contribution is 0.102. The second-order valence-corrected chi connectivity index (χ2v) is 12.9. The van der Waals surface area contributed by atoms with Gasteiger partial charge in [0.05, 0.1) is 10.9 Å². The molecule has 4 aromatic carbocycles. The molecule has 4 aromatic rings. The molecule has 3 N–H and O–H groups in total. The van der Waals surface area contributed by atoms with E-state index in [1.165, 1.54) is 42.5 Å². The Labute approximate surface area is 234 Å². The number of anilines is 3. The lowest BCUT2D eigenvalue weighted by Crippen LogP contribution is -2.35. The normalized spacial score (nSPS) is 24.4. The molecule has 0 aromatic heterocycles. The minimum atomic E-state index is -3.73. The lowest BCUT2D eigenvalue weighted by Gasteiger charge is -2.43. The molecule has 7 rings (SSSR count). The van der Waals surface area contributed by atoms with E-state index in [1.54, 1.807) is 36.4 Å².